The molecule has 52 heavy (non-hydrogen) atoms. The van der Waals surface area contributed by atoms with E-state index in [0.717, 1.165) is 27.9 Å². The van der Waals surface area contributed by atoms with E-state index in [1.54, 1.807) is 34.2 Å². The molecule has 0 unspecified atom stereocenters. The summed E-state index contributed by atoms with van der Waals surface area (Å²) in [6.07, 6.45) is 3.60. The van der Waals surface area contributed by atoms with Crippen molar-refractivity contribution < 1.29 is 33.0 Å². The van der Waals surface area contributed by atoms with Gasteiger partial charge in [0.25, 0.3) is 5.91 Å². The molecular weight excluding hydrogens is 669 g/mol. The second-order valence-corrected chi connectivity index (χ2v) is 13.6. The number of carbonyl (C=O) groups excluding carboxylic acids is 3. The number of ether oxygens (including phenoxy) is 3. The third-order valence-electron chi connectivity index (χ3n) is 10.2. The van der Waals surface area contributed by atoms with Gasteiger partial charge in [0.2, 0.25) is 5.91 Å². The van der Waals surface area contributed by atoms with Crippen LogP contribution in [0.4, 0.5) is 9.18 Å². The first kappa shape index (κ1) is 35.3. The standard InChI is InChI=1S/C38H44FN7O6/c1-24-20-25(10-13-40-24)35-29-21-26(6-8-32(29)42-43-35)36(47)41-27-7-9-33(46(22-27)23-30-31(39)4-3-5-34(30)50-2)37(48)44-14-16-45(17-15-44)38(49)52-28-11-18-51-19-12-28/h3-6,8,10,13,20-21,27-28,33H,7,9,11-12,14-19,22-23H2,1-2H3,(H,41,47)(H,42,43)/t27-,33+/m1/s1. The number of aryl methyl sites for hydroxylation is 1. The van der Waals surface area contributed by atoms with Gasteiger partial charge in [0.1, 0.15) is 23.4 Å². The molecule has 3 saturated heterocycles. The number of pyridine rings is 1. The summed E-state index contributed by atoms with van der Waals surface area (Å²) in [6, 6.07) is 13.1. The molecule has 2 N–H and O–H groups in total. The number of H-pyrrole nitrogens is 1. The maximum atomic E-state index is 15.2. The van der Waals surface area contributed by atoms with Crippen LogP contribution in [0, 0.1) is 12.7 Å². The summed E-state index contributed by atoms with van der Waals surface area (Å²) in [7, 11) is 1.49. The van der Waals surface area contributed by atoms with Crippen molar-refractivity contribution in [3.8, 4) is 17.0 Å². The molecule has 0 radical (unpaired) electrons. The van der Waals surface area contributed by atoms with Gasteiger partial charge in [-0.15, -0.1) is 0 Å². The van der Waals surface area contributed by atoms with E-state index in [1.807, 2.05) is 36.1 Å². The monoisotopic (exact) mass is 713 g/mol. The maximum Gasteiger partial charge on any atom is 0.410 e. The van der Waals surface area contributed by atoms with Crippen LogP contribution in [0.5, 0.6) is 5.75 Å². The van der Waals surface area contributed by atoms with Crippen molar-refractivity contribution in [2.75, 3.05) is 53.0 Å². The van der Waals surface area contributed by atoms with Crippen molar-refractivity contribution in [1.29, 1.82) is 0 Å². The molecule has 0 aliphatic carbocycles. The Morgan fingerprint density at radius 1 is 1.00 bits per heavy atom. The molecule has 14 heteroatoms. The highest BCUT2D eigenvalue weighted by Crippen LogP contribution is 2.30. The average molecular weight is 714 g/mol. The predicted octanol–water partition coefficient (Wildman–Crippen LogP) is 4.30. The molecule has 2 aromatic heterocycles. The van der Waals surface area contributed by atoms with E-state index in [0.29, 0.717) is 88.5 Å². The molecule has 3 aliphatic rings. The highest BCUT2D eigenvalue weighted by molar-refractivity contribution is 6.01. The van der Waals surface area contributed by atoms with Gasteiger partial charge >= 0.3 is 6.09 Å². The summed E-state index contributed by atoms with van der Waals surface area (Å²) in [4.78, 5) is 50.3. The van der Waals surface area contributed by atoms with Gasteiger partial charge in [-0.25, -0.2) is 9.18 Å². The van der Waals surface area contributed by atoms with Gasteiger partial charge in [-0.1, -0.05) is 6.07 Å². The number of carbonyl (C=O) groups is 3. The number of halogens is 1. The van der Waals surface area contributed by atoms with Crippen molar-refractivity contribution in [2.45, 2.75) is 57.3 Å². The zero-order chi connectivity index (χ0) is 36.2. The molecule has 5 heterocycles. The third kappa shape index (κ3) is 7.72. The summed E-state index contributed by atoms with van der Waals surface area (Å²) >= 11 is 0. The molecule has 13 nitrogen and oxygen atoms in total. The topological polar surface area (TPSA) is 142 Å². The number of piperazine rings is 1. The second-order valence-electron chi connectivity index (χ2n) is 13.6. The van der Waals surface area contributed by atoms with E-state index in [9.17, 15) is 14.4 Å². The molecule has 3 amide bonds. The quantitative estimate of drug-likeness (QED) is 0.273. The number of hydrogen-bond acceptors (Lipinski definition) is 9. The molecule has 7 rings (SSSR count). The summed E-state index contributed by atoms with van der Waals surface area (Å²) in [5, 5.41) is 11.5. The number of methoxy groups -OCH3 is 1. The second kappa shape index (κ2) is 15.7. The molecule has 2 aromatic carbocycles. The van der Waals surface area contributed by atoms with Crippen LogP contribution in [-0.2, 0) is 20.8 Å². The van der Waals surface area contributed by atoms with Crippen LogP contribution in [0.15, 0.2) is 54.7 Å². The van der Waals surface area contributed by atoms with Crippen LogP contribution in [0.3, 0.4) is 0 Å². The number of fused-ring (bicyclic) bond motifs is 1. The van der Waals surface area contributed by atoms with Crippen molar-refractivity contribution in [2.24, 2.45) is 0 Å². The van der Waals surface area contributed by atoms with Gasteiger partial charge in [-0.05, 0) is 62.2 Å². The zero-order valence-corrected chi connectivity index (χ0v) is 29.5. The summed E-state index contributed by atoms with van der Waals surface area (Å²) in [5.41, 5.74) is 4.13. The van der Waals surface area contributed by atoms with Crippen LogP contribution in [0.1, 0.15) is 47.3 Å². The van der Waals surface area contributed by atoms with Gasteiger partial charge in [-0.2, -0.15) is 5.10 Å². The van der Waals surface area contributed by atoms with Gasteiger partial charge in [0, 0.05) is 92.1 Å². The van der Waals surface area contributed by atoms with E-state index < -0.39 is 11.9 Å². The highest BCUT2D eigenvalue weighted by Gasteiger charge is 2.38. The molecule has 0 bridgehead atoms. The Kier molecular flexibility index (Phi) is 10.6. The summed E-state index contributed by atoms with van der Waals surface area (Å²) in [6.45, 7) is 4.98. The Labute approximate surface area is 301 Å². The normalized spacial score (nSPS) is 20.1. The first-order valence-electron chi connectivity index (χ1n) is 17.9. The number of nitrogens with one attached hydrogen (secondary N) is 2. The zero-order valence-electron chi connectivity index (χ0n) is 29.5. The number of aromatic nitrogens is 3. The van der Waals surface area contributed by atoms with Crippen molar-refractivity contribution in [3.63, 3.8) is 0 Å². The fourth-order valence-electron chi connectivity index (χ4n) is 7.37. The lowest BCUT2D eigenvalue weighted by Gasteiger charge is -2.43. The number of rotatable bonds is 8. The average Bonchev–Trinajstić information content (AvgIpc) is 3.59. The van der Waals surface area contributed by atoms with Crippen LogP contribution >= 0.6 is 0 Å². The fraction of sp³-hybridized carbons (Fsp3) is 0.447. The summed E-state index contributed by atoms with van der Waals surface area (Å²) in [5.74, 6) is -0.367. The molecule has 274 valence electrons. The lowest BCUT2D eigenvalue weighted by Crippen LogP contribution is -2.59. The van der Waals surface area contributed by atoms with Gasteiger partial charge in [0.15, 0.2) is 0 Å². The molecule has 3 aliphatic heterocycles. The number of piperidine rings is 1. The first-order chi connectivity index (χ1) is 25.3. The molecular formula is C38H44FN7O6. The minimum absolute atomic E-state index is 0.0817. The SMILES string of the molecule is COc1cccc(F)c1CN1C[C@H](NC(=O)c2ccc3[nH]nc(-c4ccnc(C)c4)c3c2)CC[C@H]1C(=O)N1CCN(C(=O)OC2CCOCC2)CC1. The molecule has 0 spiro atoms. The van der Waals surface area contributed by atoms with E-state index >= 15 is 4.39 Å². The van der Waals surface area contributed by atoms with Crippen LogP contribution in [0.2, 0.25) is 0 Å². The van der Waals surface area contributed by atoms with Gasteiger partial charge < -0.3 is 29.3 Å². The van der Waals surface area contributed by atoms with E-state index in [-0.39, 0.29) is 36.6 Å². The third-order valence-corrected chi connectivity index (χ3v) is 10.2. The fourth-order valence-corrected chi connectivity index (χ4v) is 7.37. The number of benzene rings is 2. The highest BCUT2D eigenvalue weighted by atomic mass is 19.1. The lowest BCUT2D eigenvalue weighted by atomic mass is 9.95. The van der Waals surface area contributed by atoms with Crippen molar-refractivity contribution in [1.82, 2.24) is 35.2 Å². The van der Waals surface area contributed by atoms with Crippen LogP contribution in [0.25, 0.3) is 22.2 Å². The Bertz CT molecular complexity index is 1920. The minimum Gasteiger partial charge on any atom is -0.496 e. The number of hydrogen-bond donors (Lipinski definition) is 2. The lowest BCUT2D eigenvalue weighted by molar-refractivity contribution is -0.140. The maximum absolute atomic E-state index is 15.2. The molecule has 3 fully saturated rings. The number of nitrogens with zero attached hydrogens (tertiary/aromatic N) is 5. The molecule has 0 saturated carbocycles. The van der Waals surface area contributed by atoms with Crippen LogP contribution in [-0.4, -0.2) is 119 Å². The number of aromatic amines is 1. The van der Waals surface area contributed by atoms with Gasteiger partial charge in [0.05, 0.1) is 31.9 Å². The van der Waals surface area contributed by atoms with E-state index in [4.69, 9.17) is 14.2 Å². The largest absolute Gasteiger partial charge is 0.496 e. The Hall–Kier alpha value is -5.08. The number of amides is 3. The van der Waals surface area contributed by atoms with E-state index in [1.165, 1.54) is 13.2 Å². The molecule has 4 aromatic rings. The number of likely N-dealkylation sites (tertiary alicyclic amines) is 1. The van der Waals surface area contributed by atoms with Crippen LogP contribution < -0.4 is 10.1 Å². The Morgan fingerprint density at radius 3 is 2.56 bits per heavy atom. The predicted molar refractivity (Wildman–Crippen MR) is 190 cm³/mol. The van der Waals surface area contributed by atoms with Crippen molar-refractivity contribution >= 4 is 28.8 Å². The van der Waals surface area contributed by atoms with E-state index in [2.05, 4.69) is 20.5 Å². The van der Waals surface area contributed by atoms with Crippen molar-refractivity contribution in [3.05, 3.63) is 77.4 Å². The summed E-state index contributed by atoms with van der Waals surface area (Å²) < 4.78 is 31.8. The van der Waals surface area contributed by atoms with Gasteiger partial charge in [-0.3, -0.25) is 24.6 Å². The molecule has 2 atom stereocenters. The first-order valence-corrected chi connectivity index (χ1v) is 17.9. The smallest absolute Gasteiger partial charge is 0.410 e. The minimum atomic E-state index is -0.549. The Morgan fingerprint density at radius 2 is 1.79 bits per heavy atom. The Balaban J connectivity index is 1.05.